The maximum atomic E-state index is 12.5. The molecule has 6 heteroatoms. The van der Waals surface area contributed by atoms with E-state index in [1.807, 2.05) is 38.1 Å². The van der Waals surface area contributed by atoms with Gasteiger partial charge in [0.15, 0.2) is 11.9 Å². The molecule has 0 aliphatic heterocycles. The third-order valence-corrected chi connectivity index (χ3v) is 4.49. The fourth-order valence-electron chi connectivity index (χ4n) is 3.10. The zero-order valence-corrected chi connectivity index (χ0v) is 16.6. The van der Waals surface area contributed by atoms with E-state index in [-0.39, 0.29) is 17.4 Å². The van der Waals surface area contributed by atoms with Gasteiger partial charge in [-0.05, 0) is 50.8 Å². The Kier molecular flexibility index (Phi) is 6.20. The van der Waals surface area contributed by atoms with E-state index in [1.54, 1.807) is 13.8 Å². The second-order valence-electron chi connectivity index (χ2n) is 6.96. The lowest BCUT2D eigenvalue weighted by molar-refractivity contribution is -0.123. The average molecular weight is 370 g/mol. The van der Waals surface area contributed by atoms with E-state index < -0.39 is 18.0 Å². The number of aromatic amines is 1. The van der Waals surface area contributed by atoms with Crippen LogP contribution in [0.1, 0.15) is 71.3 Å². The number of hydrogen-bond donors (Lipinski definition) is 2. The summed E-state index contributed by atoms with van der Waals surface area (Å²) in [5.41, 5.74) is 3.51. The van der Waals surface area contributed by atoms with Crippen LogP contribution in [0.3, 0.4) is 0 Å². The lowest BCUT2D eigenvalue weighted by atomic mass is 10.0. The number of anilines is 1. The van der Waals surface area contributed by atoms with Crippen molar-refractivity contribution < 1.29 is 19.1 Å². The molecule has 1 aromatic heterocycles. The van der Waals surface area contributed by atoms with Gasteiger partial charge in [-0.3, -0.25) is 9.59 Å². The highest BCUT2D eigenvalue weighted by Crippen LogP contribution is 2.24. The van der Waals surface area contributed by atoms with Crippen LogP contribution in [0.4, 0.5) is 5.69 Å². The number of hydrogen-bond acceptors (Lipinski definition) is 4. The van der Waals surface area contributed by atoms with Crippen LogP contribution in [0, 0.1) is 13.8 Å². The molecule has 144 valence electrons. The minimum Gasteiger partial charge on any atom is -0.448 e. The first kappa shape index (κ1) is 20.4. The minimum atomic E-state index is -0.985. The van der Waals surface area contributed by atoms with E-state index in [0.29, 0.717) is 22.5 Å². The summed E-state index contributed by atoms with van der Waals surface area (Å²) >= 11 is 0. The molecule has 1 amide bonds. The Labute approximate surface area is 159 Å². The standard InChI is InChI=1S/C21H26N2O4/c1-11(2)16-9-7-8-10-17(16)23-20(25)15(6)27-21(26)19-12(3)18(14(5)24)13(4)22-19/h7-11,15,22H,1-6H3,(H,23,25)/t15-/m0/s1. The molecule has 6 nitrogen and oxygen atoms in total. The van der Waals surface area contributed by atoms with E-state index in [1.165, 1.54) is 13.8 Å². The monoisotopic (exact) mass is 370 g/mol. The van der Waals surface area contributed by atoms with E-state index in [0.717, 1.165) is 5.56 Å². The number of Topliss-reactive ketones (excluding diaryl/α,β-unsaturated/α-hetero) is 1. The largest absolute Gasteiger partial charge is 0.448 e. The van der Waals surface area contributed by atoms with Gasteiger partial charge in [0.1, 0.15) is 5.69 Å². The molecule has 0 aliphatic carbocycles. The number of esters is 1. The molecule has 0 aliphatic rings. The minimum absolute atomic E-state index is 0.128. The molecule has 1 aromatic carbocycles. The van der Waals surface area contributed by atoms with Gasteiger partial charge in [-0.15, -0.1) is 0 Å². The first-order chi connectivity index (χ1) is 12.6. The van der Waals surface area contributed by atoms with Crippen molar-refractivity contribution >= 4 is 23.3 Å². The summed E-state index contributed by atoms with van der Waals surface area (Å²) in [7, 11) is 0. The predicted molar refractivity (Wildman–Crippen MR) is 104 cm³/mol. The summed E-state index contributed by atoms with van der Waals surface area (Å²) in [5.74, 6) is -0.961. The molecule has 0 saturated carbocycles. The number of ether oxygens (including phenoxy) is 1. The Balaban J connectivity index is 2.12. The Morgan fingerprint density at radius 3 is 2.26 bits per heavy atom. The zero-order valence-electron chi connectivity index (χ0n) is 16.6. The van der Waals surface area contributed by atoms with Gasteiger partial charge < -0.3 is 15.0 Å². The molecular formula is C21H26N2O4. The molecule has 1 heterocycles. The van der Waals surface area contributed by atoms with E-state index in [4.69, 9.17) is 4.74 Å². The maximum absolute atomic E-state index is 12.5. The van der Waals surface area contributed by atoms with Crippen LogP contribution in [0.5, 0.6) is 0 Å². The molecule has 2 rings (SSSR count). The van der Waals surface area contributed by atoms with Crippen molar-refractivity contribution in [1.82, 2.24) is 4.98 Å². The van der Waals surface area contributed by atoms with Gasteiger partial charge in [-0.1, -0.05) is 32.0 Å². The number of nitrogens with one attached hydrogen (secondary N) is 2. The Hall–Kier alpha value is -2.89. The lowest BCUT2D eigenvalue weighted by Crippen LogP contribution is -2.30. The summed E-state index contributed by atoms with van der Waals surface area (Å²) < 4.78 is 5.31. The third-order valence-electron chi connectivity index (χ3n) is 4.49. The molecule has 0 unspecified atom stereocenters. The van der Waals surface area contributed by atoms with E-state index in [9.17, 15) is 14.4 Å². The predicted octanol–water partition coefficient (Wildman–Crippen LogP) is 4.14. The second-order valence-corrected chi connectivity index (χ2v) is 6.96. The number of para-hydroxylation sites is 1. The summed E-state index contributed by atoms with van der Waals surface area (Å²) in [5, 5.41) is 2.82. The molecular weight excluding hydrogens is 344 g/mol. The first-order valence-corrected chi connectivity index (χ1v) is 8.94. The Bertz CT molecular complexity index is 880. The van der Waals surface area contributed by atoms with Crippen molar-refractivity contribution in [3.8, 4) is 0 Å². The van der Waals surface area contributed by atoms with Crippen molar-refractivity contribution in [1.29, 1.82) is 0 Å². The topological polar surface area (TPSA) is 88.3 Å². The van der Waals surface area contributed by atoms with Gasteiger partial charge in [0.25, 0.3) is 5.91 Å². The highest BCUT2D eigenvalue weighted by molar-refractivity contribution is 6.02. The highest BCUT2D eigenvalue weighted by atomic mass is 16.5. The van der Waals surface area contributed by atoms with Gasteiger partial charge in [0.05, 0.1) is 0 Å². The molecule has 0 fully saturated rings. The third kappa shape index (κ3) is 4.45. The number of ketones is 1. The number of rotatable bonds is 6. The Morgan fingerprint density at radius 1 is 1.07 bits per heavy atom. The molecule has 0 radical (unpaired) electrons. The highest BCUT2D eigenvalue weighted by Gasteiger charge is 2.25. The van der Waals surface area contributed by atoms with Crippen molar-refractivity contribution in [3.05, 3.63) is 52.3 Å². The molecule has 2 aromatic rings. The first-order valence-electron chi connectivity index (χ1n) is 8.94. The summed E-state index contributed by atoms with van der Waals surface area (Å²) in [4.78, 5) is 39.5. The van der Waals surface area contributed by atoms with Gasteiger partial charge in [0.2, 0.25) is 0 Å². The smallest absolute Gasteiger partial charge is 0.355 e. The molecule has 2 N–H and O–H groups in total. The average Bonchev–Trinajstić information content (AvgIpc) is 2.89. The van der Waals surface area contributed by atoms with Crippen LogP contribution in [0.2, 0.25) is 0 Å². The fourth-order valence-corrected chi connectivity index (χ4v) is 3.10. The van der Waals surface area contributed by atoms with Gasteiger partial charge in [-0.2, -0.15) is 0 Å². The normalized spacial score (nSPS) is 12.0. The van der Waals surface area contributed by atoms with Crippen LogP contribution in [-0.2, 0) is 9.53 Å². The summed E-state index contributed by atoms with van der Waals surface area (Å²) in [6.45, 7) is 10.4. The number of H-pyrrole nitrogens is 1. The number of carbonyl (C=O) groups excluding carboxylic acids is 3. The van der Waals surface area contributed by atoms with E-state index >= 15 is 0 Å². The molecule has 27 heavy (non-hydrogen) atoms. The fraction of sp³-hybridized carbons (Fsp3) is 0.381. The number of benzene rings is 1. The Morgan fingerprint density at radius 2 is 1.70 bits per heavy atom. The van der Waals surface area contributed by atoms with E-state index in [2.05, 4.69) is 10.3 Å². The van der Waals surface area contributed by atoms with Crippen LogP contribution < -0.4 is 5.32 Å². The van der Waals surface area contributed by atoms with Gasteiger partial charge in [0, 0.05) is 16.9 Å². The van der Waals surface area contributed by atoms with Gasteiger partial charge in [-0.25, -0.2) is 4.79 Å². The van der Waals surface area contributed by atoms with Crippen LogP contribution in [-0.4, -0.2) is 28.7 Å². The number of carbonyl (C=O) groups is 3. The van der Waals surface area contributed by atoms with Crippen LogP contribution in [0.25, 0.3) is 0 Å². The number of aryl methyl sites for hydroxylation is 1. The molecule has 0 bridgehead atoms. The van der Waals surface area contributed by atoms with Gasteiger partial charge >= 0.3 is 5.97 Å². The van der Waals surface area contributed by atoms with Crippen LogP contribution in [0.15, 0.2) is 24.3 Å². The second kappa shape index (κ2) is 8.20. The maximum Gasteiger partial charge on any atom is 0.355 e. The molecule has 1 atom stereocenters. The zero-order chi connectivity index (χ0) is 20.3. The number of aromatic nitrogens is 1. The van der Waals surface area contributed by atoms with Crippen molar-refractivity contribution in [2.45, 2.75) is 53.6 Å². The molecule has 0 saturated heterocycles. The SMILES string of the molecule is CC(=O)c1c(C)[nH]c(C(=O)O[C@@H](C)C(=O)Nc2ccccc2C(C)C)c1C. The van der Waals surface area contributed by atoms with Crippen LogP contribution >= 0.6 is 0 Å². The lowest BCUT2D eigenvalue weighted by Gasteiger charge is -2.17. The summed E-state index contributed by atoms with van der Waals surface area (Å²) in [6, 6.07) is 7.52. The van der Waals surface area contributed by atoms with Crippen molar-refractivity contribution in [3.63, 3.8) is 0 Å². The molecule has 0 spiro atoms. The quantitative estimate of drug-likeness (QED) is 0.591. The number of amides is 1. The van der Waals surface area contributed by atoms with Crippen molar-refractivity contribution in [2.24, 2.45) is 0 Å². The summed E-state index contributed by atoms with van der Waals surface area (Å²) in [6.07, 6.45) is -0.985. The van der Waals surface area contributed by atoms with Crippen molar-refractivity contribution in [2.75, 3.05) is 5.32 Å².